The minimum absolute atomic E-state index is 0.0151. The second-order valence-corrected chi connectivity index (χ2v) is 11.2. The first-order valence-electron chi connectivity index (χ1n) is 13.0. The van der Waals surface area contributed by atoms with Gasteiger partial charge < -0.3 is 14.7 Å². The van der Waals surface area contributed by atoms with Crippen LogP contribution < -0.4 is 4.90 Å². The lowest BCUT2D eigenvalue weighted by Gasteiger charge is -2.40. The van der Waals surface area contributed by atoms with E-state index in [-0.39, 0.29) is 59.1 Å². The quantitative estimate of drug-likeness (QED) is 0.437. The van der Waals surface area contributed by atoms with Gasteiger partial charge in [0.15, 0.2) is 11.4 Å². The van der Waals surface area contributed by atoms with Gasteiger partial charge in [0.05, 0.1) is 52.9 Å². The first kappa shape index (κ1) is 29.0. The van der Waals surface area contributed by atoms with Crippen LogP contribution in [-0.2, 0) is 11.3 Å². The molecule has 2 amide bonds. The van der Waals surface area contributed by atoms with Gasteiger partial charge >= 0.3 is 12.3 Å². The molecule has 1 aromatic carbocycles. The van der Waals surface area contributed by atoms with E-state index in [1.807, 2.05) is 6.07 Å². The Hall–Kier alpha value is -4.51. The van der Waals surface area contributed by atoms with Gasteiger partial charge in [-0.1, -0.05) is 6.07 Å². The summed E-state index contributed by atoms with van der Waals surface area (Å²) in [7, 11) is 0. The molecule has 42 heavy (non-hydrogen) atoms. The summed E-state index contributed by atoms with van der Waals surface area (Å²) in [6, 6.07) is 8.57. The Morgan fingerprint density at radius 3 is 2.60 bits per heavy atom. The third-order valence-electron chi connectivity index (χ3n) is 6.99. The predicted molar refractivity (Wildman–Crippen MR) is 140 cm³/mol. The van der Waals surface area contributed by atoms with Crippen molar-refractivity contribution in [2.45, 2.75) is 57.5 Å². The number of alkyl halides is 3. The first-order chi connectivity index (χ1) is 19.6. The van der Waals surface area contributed by atoms with Gasteiger partial charge in [-0.15, -0.1) is 0 Å². The van der Waals surface area contributed by atoms with Crippen molar-refractivity contribution < 1.29 is 37.0 Å². The molecule has 220 valence electrons. The van der Waals surface area contributed by atoms with Crippen molar-refractivity contribution in [1.29, 1.82) is 5.26 Å². The number of nitriles is 1. The van der Waals surface area contributed by atoms with Crippen LogP contribution in [0.15, 0.2) is 36.5 Å². The number of piperidine rings is 1. The van der Waals surface area contributed by atoms with Gasteiger partial charge in [-0.25, -0.2) is 23.8 Å². The van der Waals surface area contributed by atoms with E-state index in [1.165, 1.54) is 40.0 Å². The molecule has 1 atom stereocenters. The first-order valence-corrected chi connectivity index (χ1v) is 13.0. The summed E-state index contributed by atoms with van der Waals surface area (Å²) in [5.41, 5.74) is -3.89. The Kier molecular flexibility index (Phi) is 6.97. The van der Waals surface area contributed by atoms with Gasteiger partial charge in [0.1, 0.15) is 11.4 Å². The molecule has 10 nitrogen and oxygen atoms in total. The number of carbonyl (C=O) groups excluding carboxylic acids is 2. The van der Waals surface area contributed by atoms with Gasteiger partial charge in [-0.2, -0.15) is 23.5 Å². The van der Waals surface area contributed by atoms with Crippen molar-refractivity contribution in [1.82, 2.24) is 19.7 Å². The van der Waals surface area contributed by atoms with E-state index >= 15 is 4.39 Å². The van der Waals surface area contributed by atoms with E-state index in [0.29, 0.717) is 0 Å². The van der Waals surface area contributed by atoms with Crippen molar-refractivity contribution >= 4 is 17.8 Å². The van der Waals surface area contributed by atoms with E-state index in [4.69, 9.17) is 4.74 Å². The maximum Gasteiger partial charge on any atom is 0.418 e. The Balaban J connectivity index is 1.61. The molecule has 4 heterocycles. The number of benzene rings is 1. The number of rotatable bonds is 3. The second-order valence-electron chi connectivity index (χ2n) is 11.2. The van der Waals surface area contributed by atoms with Crippen LogP contribution in [0.25, 0.3) is 16.9 Å². The molecular weight excluding hydrogens is 560 g/mol. The summed E-state index contributed by atoms with van der Waals surface area (Å²) in [6.07, 6.45) is -4.77. The molecule has 2 aliphatic heterocycles. The molecule has 0 bridgehead atoms. The molecule has 14 heteroatoms. The van der Waals surface area contributed by atoms with Gasteiger partial charge in [-0.05, 0) is 51.8 Å². The van der Waals surface area contributed by atoms with E-state index in [1.54, 1.807) is 20.8 Å². The summed E-state index contributed by atoms with van der Waals surface area (Å²) in [5, 5.41) is 24.2. The van der Waals surface area contributed by atoms with Crippen LogP contribution in [0.5, 0.6) is 0 Å². The molecule has 0 radical (unpaired) electrons. The lowest BCUT2D eigenvalue weighted by atomic mass is 9.92. The summed E-state index contributed by atoms with van der Waals surface area (Å²) < 4.78 is 62.2. The van der Waals surface area contributed by atoms with Crippen molar-refractivity contribution in [3.05, 3.63) is 59.2 Å². The SMILES string of the molecule is CC(C)(C)OC(=O)N1Cc2nc(-c3c(F)cccc3C#N)cc(-n3ccc(N4CCC[C@](O)(C(F)(F)F)C4)n3)c2C1=O. The highest BCUT2D eigenvalue weighted by atomic mass is 19.4. The van der Waals surface area contributed by atoms with Crippen molar-refractivity contribution in [3.63, 3.8) is 0 Å². The number of halogens is 4. The summed E-state index contributed by atoms with van der Waals surface area (Å²) in [5.74, 6) is -1.41. The molecule has 0 aliphatic carbocycles. The van der Waals surface area contributed by atoms with Gasteiger partial charge in [0.2, 0.25) is 0 Å². The number of fused-ring (bicyclic) bond motifs is 1. The van der Waals surface area contributed by atoms with Crippen LogP contribution in [0.1, 0.15) is 55.2 Å². The summed E-state index contributed by atoms with van der Waals surface area (Å²) in [6.45, 7) is 4.05. The average molecular weight is 587 g/mol. The van der Waals surface area contributed by atoms with Crippen LogP contribution in [0, 0.1) is 17.1 Å². The second kappa shape index (κ2) is 10.1. The minimum atomic E-state index is -4.84. The minimum Gasteiger partial charge on any atom is -0.443 e. The number of nitrogens with zero attached hydrogens (tertiary/aromatic N) is 6. The number of imide groups is 1. The summed E-state index contributed by atoms with van der Waals surface area (Å²) >= 11 is 0. The molecule has 0 saturated carbocycles. The monoisotopic (exact) mass is 586 g/mol. The molecular formula is C28H26F4N6O4. The van der Waals surface area contributed by atoms with E-state index in [9.17, 15) is 33.1 Å². The van der Waals surface area contributed by atoms with Crippen LogP contribution >= 0.6 is 0 Å². The van der Waals surface area contributed by atoms with E-state index in [2.05, 4.69) is 10.1 Å². The van der Waals surface area contributed by atoms with Crippen LogP contribution in [-0.4, -0.2) is 67.2 Å². The number of ether oxygens (including phenoxy) is 1. The van der Waals surface area contributed by atoms with Gasteiger partial charge in [0, 0.05) is 18.8 Å². The average Bonchev–Trinajstić information content (AvgIpc) is 3.52. The largest absolute Gasteiger partial charge is 0.443 e. The molecule has 5 rings (SSSR count). The third-order valence-corrected chi connectivity index (χ3v) is 6.99. The molecule has 1 N–H and O–H groups in total. The lowest BCUT2D eigenvalue weighted by molar-refractivity contribution is -0.261. The smallest absolute Gasteiger partial charge is 0.418 e. The normalized spacial score (nSPS) is 19.1. The highest BCUT2D eigenvalue weighted by molar-refractivity contribution is 6.08. The Bertz CT molecular complexity index is 1620. The number of carbonyl (C=O) groups is 2. The Labute approximate surface area is 237 Å². The number of aliphatic hydroxyl groups is 1. The molecule has 2 aliphatic rings. The maximum absolute atomic E-state index is 15.0. The fraction of sp³-hybridized carbons (Fsp3) is 0.393. The Morgan fingerprint density at radius 1 is 1.19 bits per heavy atom. The number of aromatic nitrogens is 3. The van der Waals surface area contributed by atoms with Crippen molar-refractivity contribution in [2.75, 3.05) is 18.0 Å². The number of hydrogen-bond acceptors (Lipinski definition) is 8. The Morgan fingerprint density at radius 2 is 1.93 bits per heavy atom. The fourth-order valence-electron chi connectivity index (χ4n) is 5.02. The summed E-state index contributed by atoms with van der Waals surface area (Å²) in [4.78, 5) is 32.9. The molecule has 2 aromatic heterocycles. The highest BCUT2D eigenvalue weighted by Gasteiger charge is 2.55. The molecule has 0 unspecified atom stereocenters. The predicted octanol–water partition coefficient (Wildman–Crippen LogP) is 4.73. The topological polar surface area (TPSA) is 125 Å². The van der Waals surface area contributed by atoms with Crippen molar-refractivity contribution in [2.24, 2.45) is 0 Å². The number of amides is 2. The zero-order valence-corrected chi connectivity index (χ0v) is 22.9. The highest BCUT2D eigenvalue weighted by Crippen LogP contribution is 2.39. The maximum atomic E-state index is 15.0. The number of β-amino-alcohol motifs (C(OH)–C–C–N with tert-alkyl or cyclic N) is 1. The van der Waals surface area contributed by atoms with E-state index in [0.717, 1.165) is 11.0 Å². The number of pyridine rings is 1. The number of anilines is 1. The van der Waals surface area contributed by atoms with Crippen LogP contribution in [0.4, 0.5) is 28.2 Å². The standard InChI is InChI=1S/C28H26F4N6O4/c1-26(2,3)42-25(40)37-14-19-23(24(37)39)20(12-18(34-19)22-16(13-33)6-4-7-17(22)29)38-11-8-21(35-38)36-10-5-9-27(41,15-36)28(30,31)32/h4,6-8,11-12,41H,5,9-10,14-15H2,1-3H3/t27-/m1/s1. The molecule has 3 aromatic rings. The zero-order chi connectivity index (χ0) is 30.6. The van der Waals surface area contributed by atoms with E-state index < -0.39 is 48.2 Å². The van der Waals surface area contributed by atoms with Crippen LogP contribution in [0.2, 0.25) is 0 Å². The van der Waals surface area contributed by atoms with Gasteiger partial charge in [0.25, 0.3) is 5.91 Å². The number of hydrogen-bond donors (Lipinski definition) is 1. The zero-order valence-electron chi connectivity index (χ0n) is 22.9. The van der Waals surface area contributed by atoms with Crippen molar-refractivity contribution in [3.8, 4) is 23.0 Å². The van der Waals surface area contributed by atoms with Crippen LogP contribution in [0.3, 0.4) is 0 Å². The molecule has 0 spiro atoms. The third kappa shape index (κ3) is 5.16. The molecule has 1 saturated heterocycles. The molecule has 1 fully saturated rings. The van der Waals surface area contributed by atoms with Gasteiger partial charge in [-0.3, -0.25) is 4.79 Å². The fourth-order valence-corrected chi connectivity index (χ4v) is 5.02. The lowest BCUT2D eigenvalue weighted by Crippen LogP contribution is -2.57.